The van der Waals surface area contributed by atoms with Gasteiger partial charge in [-0.05, 0) is 30.3 Å². The van der Waals surface area contributed by atoms with Gasteiger partial charge in [0.1, 0.15) is 5.82 Å². The Hall–Kier alpha value is -2.40. The lowest BCUT2D eigenvalue weighted by Gasteiger charge is -2.05. The summed E-state index contributed by atoms with van der Waals surface area (Å²) in [6.45, 7) is 0.311. The molecule has 0 aliphatic heterocycles. The smallest absolute Gasteiger partial charge is 0.247 e. The third kappa shape index (κ3) is 3.20. The first kappa shape index (κ1) is 13.6. The van der Waals surface area contributed by atoms with Gasteiger partial charge in [-0.15, -0.1) is 10.2 Å². The summed E-state index contributed by atoms with van der Waals surface area (Å²) in [5.41, 5.74) is 1.47. The maximum absolute atomic E-state index is 12.9. The second-order valence-corrected chi connectivity index (χ2v) is 4.75. The topological polar surface area (TPSA) is 51.0 Å². The summed E-state index contributed by atoms with van der Waals surface area (Å²) >= 11 is 5.93. The van der Waals surface area contributed by atoms with Crippen molar-refractivity contribution in [3.05, 3.63) is 65.3 Å². The number of aromatic nitrogens is 2. The van der Waals surface area contributed by atoms with Gasteiger partial charge in [-0.2, -0.15) is 0 Å². The van der Waals surface area contributed by atoms with Crippen molar-refractivity contribution >= 4 is 17.3 Å². The number of anilines is 1. The highest BCUT2D eigenvalue weighted by molar-refractivity contribution is 6.33. The summed E-state index contributed by atoms with van der Waals surface area (Å²) in [6.07, 6.45) is 0. The van der Waals surface area contributed by atoms with E-state index in [9.17, 15) is 4.39 Å². The molecule has 6 heteroatoms. The molecular formula is C15H11ClFN3O. The normalized spacial score (nSPS) is 10.6. The summed E-state index contributed by atoms with van der Waals surface area (Å²) < 4.78 is 18.5. The first-order chi connectivity index (χ1) is 10.2. The Morgan fingerprint density at radius 2 is 1.90 bits per heavy atom. The van der Waals surface area contributed by atoms with Gasteiger partial charge < -0.3 is 9.73 Å². The first-order valence-corrected chi connectivity index (χ1v) is 6.67. The average Bonchev–Trinajstić information content (AvgIpc) is 2.96. The molecule has 0 radical (unpaired) electrons. The predicted molar refractivity (Wildman–Crippen MR) is 78.5 cm³/mol. The number of nitrogens with zero attached hydrogens (tertiary/aromatic N) is 2. The minimum Gasteiger partial charge on any atom is -0.419 e. The molecule has 0 atom stereocenters. The zero-order valence-electron chi connectivity index (χ0n) is 10.9. The van der Waals surface area contributed by atoms with Gasteiger partial charge in [0.05, 0.1) is 17.3 Å². The third-order valence-corrected chi connectivity index (χ3v) is 3.16. The van der Waals surface area contributed by atoms with Gasteiger partial charge in [0.2, 0.25) is 11.8 Å². The molecule has 3 rings (SSSR count). The van der Waals surface area contributed by atoms with Crippen molar-refractivity contribution < 1.29 is 8.81 Å². The van der Waals surface area contributed by atoms with Gasteiger partial charge in [-0.1, -0.05) is 29.8 Å². The summed E-state index contributed by atoms with van der Waals surface area (Å²) in [5.74, 6) is 0.501. The van der Waals surface area contributed by atoms with Crippen molar-refractivity contribution in [2.24, 2.45) is 0 Å². The molecule has 2 aromatic carbocycles. The SMILES string of the molecule is Fc1ccc(NCc2nnc(-c3ccccc3)o2)c(Cl)c1. The molecular weight excluding hydrogens is 293 g/mol. The Morgan fingerprint density at radius 1 is 1.10 bits per heavy atom. The van der Waals surface area contributed by atoms with Crippen LogP contribution in [-0.2, 0) is 6.54 Å². The molecule has 0 unspecified atom stereocenters. The van der Waals surface area contributed by atoms with E-state index in [1.807, 2.05) is 30.3 Å². The second-order valence-electron chi connectivity index (χ2n) is 4.34. The molecule has 0 amide bonds. The summed E-state index contributed by atoms with van der Waals surface area (Å²) in [7, 11) is 0. The van der Waals surface area contributed by atoms with Crippen LogP contribution in [0.5, 0.6) is 0 Å². The Balaban J connectivity index is 1.70. The van der Waals surface area contributed by atoms with Gasteiger partial charge in [0, 0.05) is 5.56 Å². The Bertz CT molecular complexity index is 746. The van der Waals surface area contributed by atoms with E-state index in [1.54, 1.807) is 6.07 Å². The number of nitrogens with one attached hydrogen (secondary N) is 1. The molecule has 106 valence electrons. The lowest BCUT2D eigenvalue weighted by molar-refractivity contribution is 0.515. The predicted octanol–water partition coefficient (Wildman–Crippen LogP) is 4.14. The Labute approximate surface area is 125 Å². The standard InChI is InChI=1S/C15H11ClFN3O/c16-12-8-11(17)6-7-13(12)18-9-14-19-20-15(21-14)10-4-2-1-3-5-10/h1-8,18H,9H2. The largest absolute Gasteiger partial charge is 0.419 e. The van der Waals surface area contributed by atoms with Gasteiger partial charge in [-0.3, -0.25) is 0 Å². The van der Waals surface area contributed by atoms with E-state index >= 15 is 0 Å². The summed E-state index contributed by atoms with van der Waals surface area (Å²) in [4.78, 5) is 0. The van der Waals surface area contributed by atoms with Gasteiger partial charge in [-0.25, -0.2) is 4.39 Å². The lowest BCUT2D eigenvalue weighted by Crippen LogP contribution is -2.00. The molecule has 1 aromatic heterocycles. The molecule has 0 bridgehead atoms. The van der Waals surface area contributed by atoms with Crippen LogP contribution in [0.25, 0.3) is 11.5 Å². The van der Waals surface area contributed by atoms with E-state index in [0.717, 1.165) is 5.56 Å². The van der Waals surface area contributed by atoms with Crippen molar-refractivity contribution in [3.63, 3.8) is 0 Å². The summed E-state index contributed by atoms with van der Waals surface area (Å²) in [6, 6.07) is 13.6. The molecule has 0 saturated heterocycles. The Kier molecular flexibility index (Phi) is 3.83. The third-order valence-electron chi connectivity index (χ3n) is 2.85. The monoisotopic (exact) mass is 303 g/mol. The highest BCUT2D eigenvalue weighted by Gasteiger charge is 2.08. The minimum absolute atomic E-state index is 0.304. The van der Waals surface area contributed by atoms with Crippen LogP contribution in [0.1, 0.15) is 5.89 Å². The van der Waals surface area contributed by atoms with Gasteiger partial charge >= 0.3 is 0 Å². The fraction of sp³-hybridized carbons (Fsp3) is 0.0667. The lowest BCUT2D eigenvalue weighted by atomic mass is 10.2. The van der Waals surface area contributed by atoms with E-state index in [-0.39, 0.29) is 5.82 Å². The highest BCUT2D eigenvalue weighted by atomic mass is 35.5. The highest BCUT2D eigenvalue weighted by Crippen LogP contribution is 2.23. The zero-order chi connectivity index (χ0) is 14.7. The molecule has 3 aromatic rings. The summed E-state index contributed by atoms with van der Waals surface area (Å²) in [5, 5.41) is 11.3. The zero-order valence-corrected chi connectivity index (χ0v) is 11.6. The number of halogens is 2. The minimum atomic E-state index is -0.380. The molecule has 0 aliphatic rings. The Morgan fingerprint density at radius 3 is 2.67 bits per heavy atom. The van der Waals surface area contributed by atoms with E-state index in [0.29, 0.717) is 29.0 Å². The van der Waals surface area contributed by atoms with E-state index in [4.69, 9.17) is 16.0 Å². The van der Waals surface area contributed by atoms with Crippen molar-refractivity contribution in [2.45, 2.75) is 6.54 Å². The number of benzene rings is 2. The molecule has 0 spiro atoms. The maximum atomic E-state index is 12.9. The van der Waals surface area contributed by atoms with Gasteiger partial charge in [0.15, 0.2) is 0 Å². The molecule has 0 saturated carbocycles. The van der Waals surface area contributed by atoms with Crippen molar-refractivity contribution in [1.82, 2.24) is 10.2 Å². The molecule has 1 N–H and O–H groups in total. The first-order valence-electron chi connectivity index (χ1n) is 6.29. The van der Waals surface area contributed by atoms with Crippen molar-refractivity contribution in [2.75, 3.05) is 5.32 Å². The van der Waals surface area contributed by atoms with E-state index < -0.39 is 0 Å². The van der Waals surface area contributed by atoms with Crippen LogP contribution in [0.15, 0.2) is 52.9 Å². The fourth-order valence-electron chi connectivity index (χ4n) is 1.83. The fourth-order valence-corrected chi connectivity index (χ4v) is 2.06. The van der Waals surface area contributed by atoms with Crippen LogP contribution in [-0.4, -0.2) is 10.2 Å². The van der Waals surface area contributed by atoms with Crippen LogP contribution in [0, 0.1) is 5.82 Å². The molecule has 1 heterocycles. The molecule has 21 heavy (non-hydrogen) atoms. The number of hydrogen-bond donors (Lipinski definition) is 1. The van der Waals surface area contributed by atoms with E-state index in [1.165, 1.54) is 12.1 Å². The average molecular weight is 304 g/mol. The van der Waals surface area contributed by atoms with Crippen molar-refractivity contribution in [1.29, 1.82) is 0 Å². The van der Waals surface area contributed by atoms with Crippen LogP contribution in [0.3, 0.4) is 0 Å². The van der Waals surface area contributed by atoms with Gasteiger partial charge in [0.25, 0.3) is 0 Å². The van der Waals surface area contributed by atoms with Crippen LogP contribution in [0.2, 0.25) is 5.02 Å². The molecule has 0 aliphatic carbocycles. The van der Waals surface area contributed by atoms with Crippen molar-refractivity contribution in [3.8, 4) is 11.5 Å². The van der Waals surface area contributed by atoms with E-state index in [2.05, 4.69) is 15.5 Å². The van der Waals surface area contributed by atoms with Crippen LogP contribution in [0.4, 0.5) is 10.1 Å². The van der Waals surface area contributed by atoms with Crippen LogP contribution < -0.4 is 5.32 Å². The molecule has 0 fully saturated rings. The second kappa shape index (κ2) is 5.93. The quantitative estimate of drug-likeness (QED) is 0.787. The molecule has 4 nitrogen and oxygen atoms in total. The van der Waals surface area contributed by atoms with Crippen LogP contribution >= 0.6 is 11.6 Å². The number of rotatable bonds is 4. The maximum Gasteiger partial charge on any atom is 0.247 e. The number of hydrogen-bond acceptors (Lipinski definition) is 4.